The lowest BCUT2D eigenvalue weighted by Crippen LogP contribution is -2.14. The number of alkyl halides is 3. The maximum atomic E-state index is 16.3. The lowest BCUT2D eigenvalue weighted by molar-refractivity contribution is -0.137. The fourth-order valence-corrected chi connectivity index (χ4v) is 5.82. The highest BCUT2D eigenvalue weighted by Crippen LogP contribution is 2.58. The fraction of sp³-hybridized carbons (Fsp3) is 0.520. The minimum atomic E-state index is -4.73. The zero-order valence-electron chi connectivity index (χ0n) is 19.2. The van der Waals surface area contributed by atoms with Gasteiger partial charge in [-0.25, -0.2) is 9.37 Å². The van der Waals surface area contributed by atoms with Gasteiger partial charge in [0, 0.05) is 16.9 Å². The van der Waals surface area contributed by atoms with Crippen molar-refractivity contribution in [3.8, 4) is 17.0 Å². The Morgan fingerprint density at radius 3 is 2.41 bits per heavy atom. The highest BCUT2D eigenvalue weighted by Gasteiger charge is 2.56. The van der Waals surface area contributed by atoms with E-state index < -0.39 is 23.1 Å². The van der Waals surface area contributed by atoms with Crippen molar-refractivity contribution < 1.29 is 22.7 Å². The summed E-state index contributed by atoms with van der Waals surface area (Å²) in [6.45, 7) is 6.88. The highest BCUT2D eigenvalue weighted by molar-refractivity contribution is 5.90. The number of pyridine rings is 1. The zero-order valence-corrected chi connectivity index (χ0v) is 19.2. The second-order valence-electron chi connectivity index (χ2n) is 10.3. The molecule has 3 aromatic rings. The molecule has 2 atom stereocenters. The molecule has 2 saturated carbocycles. The van der Waals surface area contributed by atoms with E-state index in [9.17, 15) is 18.3 Å². The van der Waals surface area contributed by atoms with Gasteiger partial charge in [-0.3, -0.25) is 4.68 Å². The van der Waals surface area contributed by atoms with Crippen LogP contribution in [0.3, 0.4) is 0 Å². The standard InChI is InChI=1S/C25H26F4N4O/c1-10(2)21-18-23(17-15-8-30-9-16(15)17)32-33(12-4-5-12)24(18)20(26)22(31-21)14-7-13(34)6-11(3)19(14)25(27,28)29/h6-7,10,12,15-17,30,34H,4-5,8-9H2,1-3H3. The predicted octanol–water partition coefficient (Wildman–Crippen LogP) is 5.66. The van der Waals surface area contributed by atoms with Gasteiger partial charge in [-0.2, -0.15) is 18.3 Å². The number of nitrogens with zero attached hydrogens (tertiary/aromatic N) is 3. The minimum Gasteiger partial charge on any atom is -0.508 e. The van der Waals surface area contributed by atoms with Gasteiger partial charge in [-0.1, -0.05) is 13.8 Å². The van der Waals surface area contributed by atoms with E-state index in [4.69, 9.17) is 5.10 Å². The summed E-state index contributed by atoms with van der Waals surface area (Å²) in [4.78, 5) is 4.53. The molecule has 0 radical (unpaired) electrons. The molecule has 9 heteroatoms. The van der Waals surface area contributed by atoms with E-state index in [0.29, 0.717) is 22.9 Å². The monoisotopic (exact) mass is 474 g/mol. The third-order valence-electron chi connectivity index (χ3n) is 7.55. The van der Waals surface area contributed by atoms with E-state index in [1.54, 1.807) is 4.68 Å². The molecule has 0 spiro atoms. The molecule has 2 N–H and O–H groups in total. The molecule has 1 aliphatic heterocycles. The molecule has 2 aromatic heterocycles. The quantitative estimate of drug-likeness (QED) is 0.479. The van der Waals surface area contributed by atoms with Crippen molar-refractivity contribution in [2.75, 3.05) is 13.1 Å². The van der Waals surface area contributed by atoms with Gasteiger partial charge in [0.1, 0.15) is 17.0 Å². The van der Waals surface area contributed by atoms with Crippen LogP contribution in [0.5, 0.6) is 5.75 Å². The van der Waals surface area contributed by atoms with Crippen molar-refractivity contribution in [3.63, 3.8) is 0 Å². The maximum Gasteiger partial charge on any atom is 0.417 e. The lowest BCUT2D eigenvalue weighted by Gasteiger charge is -2.19. The normalized spacial score (nSPS) is 24.3. The summed E-state index contributed by atoms with van der Waals surface area (Å²) in [5.74, 6) is -0.172. The number of phenolic OH excluding ortho intramolecular Hbond substituents is 1. The SMILES string of the molecule is Cc1cc(O)cc(-c2nc(C(C)C)c3c(C4C5CNCC54)nn(C4CC4)c3c2F)c1C(F)(F)F. The largest absolute Gasteiger partial charge is 0.508 e. The number of rotatable bonds is 4. The number of aryl methyl sites for hydroxylation is 1. The van der Waals surface area contributed by atoms with Crippen molar-refractivity contribution in [1.29, 1.82) is 0 Å². The molecular formula is C25H26F4N4O. The molecule has 3 aliphatic rings. The summed E-state index contributed by atoms with van der Waals surface area (Å²) < 4.78 is 60.1. The molecule has 2 unspecified atom stereocenters. The van der Waals surface area contributed by atoms with Gasteiger partial charge >= 0.3 is 6.18 Å². The zero-order chi connectivity index (χ0) is 24.1. The first-order valence-corrected chi connectivity index (χ1v) is 11.8. The van der Waals surface area contributed by atoms with Gasteiger partial charge in [0.2, 0.25) is 0 Å². The van der Waals surface area contributed by atoms with Crippen molar-refractivity contribution in [3.05, 3.63) is 40.5 Å². The lowest BCUT2D eigenvalue weighted by atomic mass is 9.95. The molecule has 1 aromatic carbocycles. The van der Waals surface area contributed by atoms with Crippen LogP contribution in [-0.2, 0) is 6.18 Å². The summed E-state index contributed by atoms with van der Waals surface area (Å²) in [5, 5.41) is 19.0. The van der Waals surface area contributed by atoms with Gasteiger partial charge in [-0.05, 0) is 68.3 Å². The molecule has 2 aliphatic carbocycles. The smallest absolute Gasteiger partial charge is 0.417 e. The first-order chi connectivity index (χ1) is 16.1. The Kier molecular flexibility index (Phi) is 4.60. The van der Waals surface area contributed by atoms with Gasteiger partial charge in [0.05, 0.1) is 23.0 Å². The number of benzene rings is 1. The first-order valence-electron chi connectivity index (χ1n) is 11.8. The van der Waals surface area contributed by atoms with Gasteiger partial charge in [0.15, 0.2) is 5.82 Å². The number of piperidine rings is 1. The maximum absolute atomic E-state index is 16.3. The Bertz CT molecular complexity index is 1320. The summed E-state index contributed by atoms with van der Waals surface area (Å²) >= 11 is 0. The van der Waals surface area contributed by atoms with E-state index in [1.807, 2.05) is 13.8 Å². The molecule has 3 fully saturated rings. The molecular weight excluding hydrogens is 448 g/mol. The van der Waals surface area contributed by atoms with E-state index in [1.165, 1.54) is 6.92 Å². The molecule has 1 saturated heterocycles. The summed E-state index contributed by atoms with van der Waals surface area (Å²) in [5.41, 5.74) is -0.338. The number of aromatic hydroxyl groups is 1. The van der Waals surface area contributed by atoms with Crippen molar-refractivity contribution in [2.24, 2.45) is 11.8 Å². The van der Waals surface area contributed by atoms with Crippen LogP contribution in [-0.4, -0.2) is 33.0 Å². The predicted molar refractivity (Wildman–Crippen MR) is 119 cm³/mol. The van der Waals surface area contributed by atoms with Crippen LogP contribution in [0.4, 0.5) is 17.6 Å². The van der Waals surface area contributed by atoms with Gasteiger partial charge in [0.25, 0.3) is 0 Å². The Hall–Kier alpha value is -2.68. The molecule has 3 heterocycles. The third-order valence-corrected chi connectivity index (χ3v) is 7.55. The van der Waals surface area contributed by atoms with Crippen LogP contribution in [0.2, 0.25) is 0 Å². The number of nitrogens with one attached hydrogen (secondary N) is 1. The summed E-state index contributed by atoms with van der Waals surface area (Å²) in [7, 11) is 0. The van der Waals surface area contributed by atoms with Crippen molar-refractivity contribution in [1.82, 2.24) is 20.1 Å². The second kappa shape index (κ2) is 7.16. The van der Waals surface area contributed by atoms with E-state index >= 15 is 4.39 Å². The Morgan fingerprint density at radius 2 is 1.82 bits per heavy atom. The minimum absolute atomic E-state index is 0.0470. The number of fused-ring (bicyclic) bond motifs is 2. The molecule has 180 valence electrons. The van der Waals surface area contributed by atoms with Crippen LogP contribution < -0.4 is 5.32 Å². The average molecular weight is 475 g/mol. The summed E-state index contributed by atoms with van der Waals surface area (Å²) in [6, 6.07) is 2.05. The molecule has 34 heavy (non-hydrogen) atoms. The molecule has 5 nitrogen and oxygen atoms in total. The van der Waals surface area contributed by atoms with E-state index in [0.717, 1.165) is 43.8 Å². The second-order valence-corrected chi connectivity index (χ2v) is 10.3. The third kappa shape index (κ3) is 3.16. The van der Waals surface area contributed by atoms with Crippen LogP contribution in [0.1, 0.15) is 67.1 Å². The van der Waals surface area contributed by atoms with Crippen LogP contribution in [0.15, 0.2) is 12.1 Å². The van der Waals surface area contributed by atoms with Crippen LogP contribution in [0, 0.1) is 24.6 Å². The average Bonchev–Trinajstić information content (AvgIpc) is 3.61. The van der Waals surface area contributed by atoms with Gasteiger partial charge < -0.3 is 10.4 Å². The van der Waals surface area contributed by atoms with Crippen molar-refractivity contribution in [2.45, 2.75) is 57.7 Å². The molecule has 0 bridgehead atoms. The van der Waals surface area contributed by atoms with E-state index in [2.05, 4.69) is 10.3 Å². The Balaban J connectivity index is 1.67. The highest BCUT2D eigenvalue weighted by atomic mass is 19.4. The number of hydrogen-bond acceptors (Lipinski definition) is 4. The first kappa shape index (κ1) is 21.8. The number of phenols is 1. The van der Waals surface area contributed by atoms with Gasteiger partial charge in [-0.15, -0.1) is 0 Å². The Morgan fingerprint density at radius 1 is 1.15 bits per heavy atom. The van der Waals surface area contributed by atoms with Crippen molar-refractivity contribution >= 4 is 10.9 Å². The number of halogens is 4. The van der Waals surface area contributed by atoms with E-state index in [-0.39, 0.29) is 40.4 Å². The van der Waals surface area contributed by atoms with Crippen LogP contribution in [0.25, 0.3) is 22.2 Å². The Labute approximate surface area is 194 Å². The topological polar surface area (TPSA) is 63.0 Å². The van der Waals surface area contributed by atoms with Crippen LogP contribution >= 0.6 is 0 Å². The summed E-state index contributed by atoms with van der Waals surface area (Å²) in [6.07, 6.45) is -3.00. The molecule has 0 amide bonds. The number of hydrogen-bond donors (Lipinski definition) is 2. The molecule has 6 rings (SSSR count). The number of aromatic nitrogens is 3. The fourth-order valence-electron chi connectivity index (χ4n) is 5.82.